The number of carbonyl (C=O) groups is 1. The molecule has 27 heavy (non-hydrogen) atoms. The molecule has 0 fully saturated rings. The van der Waals surface area contributed by atoms with E-state index in [1.165, 1.54) is 0 Å². The number of nitrogens with one attached hydrogen (secondary N) is 2. The number of aromatic amines is 1. The largest absolute Gasteiger partial charge is 0.322 e. The van der Waals surface area contributed by atoms with Gasteiger partial charge in [0, 0.05) is 41.1 Å². The number of rotatable bonds is 3. The third kappa shape index (κ3) is 3.94. The van der Waals surface area contributed by atoms with Crippen LogP contribution in [0.25, 0.3) is 5.69 Å². The average Bonchev–Trinajstić information content (AvgIpc) is 3.41. The number of benzene rings is 2. The fourth-order valence-corrected chi connectivity index (χ4v) is 2.56. The fraction of sp³-hybridized carbons (Fsp3) is 0. The van der Waals surface area contributed by atoms with Crippen LogP contribution in [0.2, 0.25) is 0 Å². The minimum absolute atomic E-state index is 0.190. The molecular weight excluding hydrogens is 338 g/mol. The first-order valence-electron chi connectivity index (χ1n) is 8.28. The molecule has 0 atom stereocenters. The molecule has 4 rings (SSSR count). The summed E-state index contributed by atoms with van der Waals surface area (Å²) < 4.78 is 1.88. The van der Waals surface area contributed by atoms with E-state index in [1.54, 1.807) is 37.1 Å². The highest BCUT2D eigenvalue weighted by Crippen LogP contribution is 2.16. The molecule has 2 aromatic carbocycles. The van der Waals surface area contributed by atoms with Crippen LogP contribution >= 0.6 is 0 Å². The van der Waals surface area contributed by atoms with Crippen molar-refractivity contribution < 1.29 is 4.79 Å². The maximum absolute atomic E-state index is 12.6. The van der Waals surface area contributed by atoms with Gasteiger partial charge in [0.2, 0.25) is 0 Å². The van der Waals surface area contributed by atoms with Crippen molar-refractivity contribution in [3.8, 4) is 17.5 Å². The Morgan fingerprint density at radius 3 is 2.78 bits per heavy atom. The van der Waals surface area contributed by atoms with Crippen LogP contribution in [0, 0.1) is 11.8 Å². The van der Waals surface area contributed by atoms with Gasteiger partial charge in [0.05, 0.1) is 18.1 Å². The third-order valence-corrected chi connectivity index (χ3v) is 3.88. The molecule has 0 saturated carbocycles. The van der Waals surface area contributed by atoms with Gasteiger partial charge in [-0.05, 0) is 36.4 Å². The van der Waals surface area contributed by atoms with E-state index in [1.807, 2.05) is 47.2 Å². The van der Waals surface area contributed by atoms with Crippen molar-refractivity contribution in [2.75, 3.05) is 5.32 Å². The summed E-state index contributed by atoms with van der Waals surface area (Å²) in [5, 5.41) is 9.49. The molecule has 0 aliphatic heterocycles. The van der Waals surface area contributed by atoms with Crippen LogP contribution in [0.4, 0.5) is 5.69 Å². The molecule has 1 amide bonds. The van der Waals surface area contributed by atoms with Crippen molar-refractivity contribution in [2.45, 2.75) is 0 Å². The van der Waals surface area contributed by atoms with Crippen LogP contribution in [0.5, 0.6) is 0 Å². The number of hydrogen-bond donors (Lipinski definition) is 2. The number of carbonyl (C=O) groups excluding carboxylic acids is 1. The summed E-state index contributed by atoms with van der Waals surface area (Å²) in [5.41, 5.74) is 3.73. The van der Waals surface area contributed by atoms with Gasteiger partial charge < -0.3 is 9.88 Å². The molecule has 0 radical (unpaired) electrons. The number of anilines is 1. The molecule has 2 heterocycles. The number of hydrogen-bond acceptors (Lipinski definition) is 3. The van der Waals surface area contributed by atoms with E-state index in [-0.39, 0.29) is 5.91 Å². The predicted molar refractivity (Wildman–Crippen MR) is 103 cm³/mol. The van der Waals surface area contributed by atoms with E-state index in [4.69, 9.17) is 0 Å². The zero-order chi connectivity index (χ0) is 18.5. The van der Waals surface area contributed by atoms with Crippen LogP contribution in [0.3, 0.4) is 0 Å². The smallest absolute Gasteiger partial charge is 0.255 e. The van der Waals surface area contributed by atoms with E-state index in [9.17, 15) is 4.79 Å². The van der Waals surface area contributed by atoms with Crippen molar-refractivity contribution in [1.29, 1.82) is 0 Å². The van der Waals surface area contributed by atoms with Gasteiger partial charge in [0.25, 0.3) is 5.91 Å². The zero-order valence-electron chi connectivity index (χ0n) is 14.3. The maximum Gasteiger partial charge on any atom is 0.255 e. The minimum Gasteiger partial charge on any atom is -0.322 e. The van der Waals surface area contributed by atoms with Crippen LogP contribution in [0.1, 0.15) is 21.5 Å². The van der Waals surface area contributed by atoms with Gasteiger partial charge in [0.15, 0.2) is 0 Å². The van der Waals surface area contributed by atoms with E-state index >= 15 is 0 Å². The summed E-state index contributed by atoms with van der Waals surface area (Å²) in [6.07, 6.45) is 8.64. The molecule has 2 aromatic heterocycles. The number of aromatic nitrogens is 4. The second-order valence-electron chi connectivity index (χ2n) is 5.79. The molecular formula is C21H15N5O. The predicted octanol–water partition coefficient (Wildman–Crippen LogP) is 3.25. The summed E-state index contributed by atoms with van der Waals surface area (Å²) in [6.45, 7) is 0. The standard InChI is InChI=1S/C21H15N5O/c27-21(25-19-5-2-6-20(12-19)26-10-9-22-15-26)18-4-1-3-16(11-18)7-8-17-13-23-24-14-17/h1-6,9-15H,(H,23,24)(H,25,27). The molecule has 4 aromatic rings. The number of amides is 1. The van der Waals surface area contributed by atoms with E-state index in [0.717, 1.165) is 16.8 Å². The molecule has 6 heteroatoms. The SMILES string of the molecule is O=C(Nc1cccc(-n2ccnc2)c1)c1cccc(C#Cc2cn[nH]c2)c1. The van der Waals surface area contributed by atoms with Gasteiger partial charge in [0.1, 0.15) is 0 Å². The fourth-order valence-electron chi connectivity index (χ4n) is 2.56. The van der Waals surface area contributed by atoms with Gasteiger partial charge in [-0.1, -0.05) is 24.0 Å². The first-order valence-corrected chi connectivity index (χ1v) is 8.28. The Bertz CT molecular complexity index is 1120. The molecule has 6 nitrogen and oxygen atoms in total. The van der Waals surface area contributed by atoms with Crippen LogP contribution in [0.15, 0.2) is 79.6 Å². The van der Waals surface area contributed by atoms with Gasteiger partial charge in [-0.2, -0.15) is 5.10 Å². The molecule has 0 unspecified atom stereocenters. The Morgan fingerprint density at radius 1 is 1.07 bits per heavy atom. The van der Waals surface area contributed by atoms with Gasteiger partial charge in [-0.25, -0.2) is 4.98 Å². The number of H-pyrrole nitrogens is 1. The second kappa shape index (κ2) is 7.42. The van der Waals surface area contributed by atoms with Gasteiger partial charge in [-0.3, -0.25) is 9.89 Å². The Balaban J connectivity index is 1.52. The molecule has 0 spiro atoms. The summed E-state index contributed by atoms with van der Waals surface area (Å²) in [6, 6.07) is 14.8. The van der Waals surface area contributed by atoms with Crippen molar-refractivity contribution in [1.82, 2.24) is 19.7 Å². The molecule has 2 N–H and O–H groups in total. The first-order chi connectivity index (χ1) is 13.3. The summed E-state index contributed by atoms with van der Waals surface area (Å²) >= 11 is 0. The molecule has 0 bridgehead atoms. The van der Waals surface area contributed by atoms with E-state index < -0.39 is 0 Å². The lowest BCUT2D eigenvalue weighted by Crippen LogP contribution is -2.12. The summed E-state index contributed by atoms with van der Waals surface area (Å²) in [5.74, 6) is 5.84. The monoisotopic (exact) mass is 353 g/mol. The van der Waals surface area contributed by atoms with Crippen molar-refractivity contribution in [3.63, 3.8) is 0 Å². The van der Waals surface area contributed by atoms with Crippen LogP contribution in [-0.2, 0) is 0 Å². The topological polar surface area (TPSA) is 75.6 Å². The zero-order valence-corrected chi connectivity index (χ0v) is 14.3. The Kier molecular flexibility index (Phi) is 4.49. The Morgan fingerprint density at radius 2 is 1.96 bits per heavy atom. The lowest BCUT2D eigenvalue weighted by molar-refractivity contribution is 0.102. The Labute approximate surface area is 155 Å². The highest BCUT2D eigenvalue weighted by molar-refractivity contribution is 6.04. The van der Waals surface area contributed by atoms with E-state index in [2.05, 4.69) is 32.3 Å². The lowest BCUT2D eigenvalue weighted by atomic mass is 10.1. The summed E-state index contributed by atoms with van der Waals surface area (Å²) in [7, 11) is 0. The molecule has 0 aliphatic carbocycles. The quantitative estimate of drug-likeness (QED) is 0.555. The van der Waals surface area contributed by atoms with Crippen LogP contribution in [-0.4, -0.2) is 25.7 Å². The van der Waals surface area contributed by atoms with Crippen LogP contribution < -0.4 is 5.32 Å². The molecule has 0 aliphatic rings. The Hall–Kier alpha value is -4.11. The second-order valence-corrected chi connectivity index (χ2v) is 5.79. The lowest BCUT2D eigenvalue weighted by Gasteiger charge is -2.08. The normalized spacial score (nSPS) is 10.1. The average molecular weight is 353 g/mol. The van der Waals surface area contributed by atoms with Crippen molar-refractivity contribution >= 4 is 11.6 Å². The number of nitrogens with zero attached hydrogens (tertiary/aromatic N) is 3. The first kappa shape index (κ1) is 16.4. The van der Waals surface area contributed by atoms with Crippen molar-refractivity contribution in [3.05, 3.63) is 96.3 Å². The van der Waals surface area contributed by atoms with E-state index in [0.29, 0.717) is 11.3 Å². The van der Waals surface area contributed by atoms with Crippen molar-refractivity contribution in [2.24, 2.45) is 0 Å². The van der Waals surface area contributed by atoms with Gasteiger partial charge in [-0.15, -0.1) is 0 Å². The molecule has 130 valence electrons. The summed E-state index contributed by atoms with van der Waals surface area (Å²) in [4.78, 5) is 16.6. The molecule has 0 saturated heterocycles. The highest BCUT2D eigenvalue weighted by atomic mass is 16.1. The third-order valence-electron chi connectivity index (χ3n) is 3.88. The van der Waals surface area contributed by atoms with Gasteiger partial charge >= 0.3 is 0 Å². The minimum atomic E-state index is -0.190. The highest BCUT2D eigenvalue weighted by Gasteiger charge is 2.07. The number of imidazole rings is 1. The maximum atomic E-state index is 12.6.